The molecule has 1 aromatic rings. The molecule has 24 heavy (non-hydrogen) atoms. The standard InChI is InChI=1S/C16H25ClN4O2.HI/c1-4-18-16(20-10-11-23-3)19-9-8-15(22)21-14-7-5-6-13(17)12(14)2;/h5-7H,4,8-11H2,1-3H3,(H,21,22)(H2,18,19,20);1H. The highest BCUT2D eigenvalue weighted by Crippen LogP contribution is 2.22. The summed E-state index contributed by atoms with van der Waals surface area (Å²) < 4.78 is 4.96. The van der Waals surface area contributed by atoms with E-state index in [4.69, 9.17) is 16.3 Å². The van der Waals surface area contributed by atoms with Crippen LogP contribution in [0.1, 0.15) is 18.9 Å². The van der Waals surface area contributed by atoms with Gasteiger partial charge in [0.25, 0.3) is 0 Å². The van der Waals surface area contributed by atoms with Crippen molar-refractivity contribution < 1.29 is 9.53 Å². The molecule has 0 atom stereocenters. The van der Waals surface area contributed by atoms with Gasteiger partial charge in [-0.2, -0.15) is 0 Å². The van der Waals surface area contributed by atoms with Crippen LogP contribution in [0.4, 0.5) is 5.69 Å². The molecule has 1 rings (SSSR count). The van der Waals surface area contributed by atoms with E-state index in [2.05, 4.69) is 20.9 Å². The number of carbonyl (C=O) groups is 1. The zero-order chi connectivity index (χ0) is 17.1. The van der Waals surface area contributed by atoms with Gasteiger partial charge in [0, 0.05) is 37.3 Å². The van der Waals surface area contributed by atoms with Crippen LogP contribution in [0.3, 0.4) is 0 Å². The summed E-state index contributed by atoms with van der Waals surface area (Å²) in [5.74, 6) is 0.604. The Labute approximate surface area is 165 Å². The van der Waals surface area contributed by atoms with E-state index in [0.717, 1.165) is 17.8 Å². The van der Waals surface area contributed by atoms with Gasteiger partial charge in [0.1, 0.15) is 0 Å². The molecule has 6 nitrogen and oxygen atoms in total. The lowest BCUT2D eigenvalue weighted by atomic mass is 10.2. The fourth-order valence-corrected chi connectivity index (χ4v) is 2.02. The van der Waals surface area contributed by atoms with Crippen molar-refractivity contribution in [1.82, 2.24) is 10.6 Å². The lowest BCUT2D eigenvalue weighted by Crippen LogP contribution is -2.39. The number of nitrogens with one attached hydrogen (secondary N) is 3. The molecule has 0 fully saturated rings. The third kappa shape index (κ3) is 8.70. The Kier molecular flexibility index (Phi) is 12.7. The summed E-state index contributed by atoms with van der Waals surface area (Å²) in [5.41, 5.74) is 1.60. The number of aliphatic imine (C=N–C) groups is 1. The maximum Gasteiger partial charge on any atom is 0.226 e. The molecule has 0 unspecified atom stereocenters. The summed E-state index contributed by atoms with van der Waals surface area (Å²) in [6, 6.07) is 5.45. The zero-order valence-electron chi connectivity index (χ0n) is 14.3. The molecule has 0 saturated heterocycles. The Morgan fingerprint density at radius 3 is 2.75 bits per heavy atom. The minimum absolute atomic E-state index is 0. The average molecular weight is 469 g/mol. The first-order valence-electron chi connectivity index (χ1n) is 7.64. The van der Waals surface area contributed by atoms with E-state index in [9.17, 15) is 4.79 Å². The number of benzene rings is 1. The Morgan fingerprint density at radius 2 is 2.08 bits per heavy atom. The Morgan fingerprint density at radius 1 is 1.33 bits per heavy atom. The summed E-state index contributed by atoms with van der Waals surface area (Å²) >= 11 is 6.04. The van der Waals surface area contributed by atoms with E-state index in [1.54, 1.807) is 13.2 Å². The molecule has 8 heteroatoms. The molecular formula is C16H26ClIN4O2. The van der Waals surface area contributed by atoms with Crippen molar-refractivity contribution in [1.29, 1.82) is 0 Å². The van der Waals surface area contributed by atoms with Crippen LogP contribution in [-0.4, -0.2) is 45.2 Å². The molecule has 0 aromatic heterocycles. The van der Waals surface area contributed by atoms with Gasteiger partial charge < -0.3 is 20.7 Å². The van der Waals surface area contributed by atoms with Crippen molar-refractivity contribution in [3.05, 3.63) is 28.8 Å². The summed E-state index contributed by atoms with van der Waals surface area (Å²) in [6.45, 7) is 6.24. The normalized spacial score (nSPS) is 10.8. The number of guanidine groups is 1. The van der Waals surface area contributed by atoms with E-state index in [1.807, 2.05) is 26.0 Å². The van der Waals surface area contributed by atoms with E-state index in [1.165, 1.54) is 0 Å². The van der Waals surface area contributed by atoms with Crippen LogP contribution in [0.5, 0.6) is 0 Å². The van der Waals surface area contributed by atoms with Crippen molar-refractivity contribution in [3.63, 3.8) is 0 Å². The highest BCUT2D eigenvalue weighted by Gasteiger charge is 2.07. The van der Waals surface area contributed by atoms with Gasteiger partial charge in [0.05, 0.1) is 13.2 Å². The molecule has 0 aliphatic carbocycles. The van der Waals surface area contributed by atoms with Crippen molar-refractivity contribution in [2.45, 2.75) is 20.3 Å². The molecule has 136 valence electrons. The van der Waals surface area contributed by atoms with Crippen molar-refractivity contribution in [2.75, 3.05) is 38.7 Å². The molecule has 0 radical (unpaired) electrons. The number of hydrogen-bond acceptors (Lipinski definition) is 3. The molecule has 0 bridgehead atoms. The van der Waals surface area contributed by atoms with Gasteiger partial charge in [0.2, 0.25) is 5.91 Å². The number of hydrogen-bond donors (Lipinski definition) is 3. The summed E-state index contributed by atoms with van der Waals surface area (Å²) in [4.78, 5) is 16.3. The molecule has 0 heterocycles. The largest absolute Gasteiger partial charge is 0.383 e. The first-order chi connectivity index (χ1) is 11.1. The third-order valence-electron chi connectivity index (χ3n) is 3.10. The number of rotatable bonds is 8. The molecule has 1 amide bonds. The van der Waals surface area contributed by atoms with Gasteiger partial charge in [0.15, 0.2) is 5.96 Å². The van der Waals surface area contributed by atoms with Crippen LogP contribution < -0.4 is 16.0 Å². The second-order valence-electron chi connectivity index (χ2n) is 4.89. The second kappa shape index (κ2) is 13.3. The van der Waals surface area contributed by atoms with Crippen LogP contribution in [0.25, 0.3) is 0 Å². The number of nitrogens with zero attached hydrogens (tertiary/aromatic N) is 1. The van der Waals surface area contributed by atoms with Gasteiger partial charge in [-0.1, -0.05) is 17.7 Å². The number of anilines is 1. The van der Waals surface area contributed by atoms with E-state index < -0.39 is 0 Å². The lowest BCUT2D eigenvalue weighted by molar-refractivity contribution is -0.116. The second-order valence-corrected chi connectivity index (χ2v) is 5.30. The highest BCUT2D eigenvalue weighted by molar-refractivity contribution is 14.0. The molecule has 1 aromatic carbocycles. The van der Waals surface area contributed by atoms with Crippen molar-refractivity contribution in [3.8, 4) is 0 Å². The molecule has 0 saturated carbocycles. The number of methoxy groups -OCH3 is 1. The van der Waals surface area contributed by atoms with Crippen LogP contribution in [-0.2, 0) is 9.53 Å². The van der Waals surface area contributed by atoms with Gasteiger partial charge >= 0.3 is 0 Å². The summed E-state index contributed by atoms with van der Waals surface area (Å²) in [5, 5.41) is 9.74. The van der Waals surface area contributed by atoms with Gasteiger partial charge in [-0.3, -0.25) is 9.79 Å². The monoisotopic (exact) mass is 468 g/mol. The molecule has 0 aliphatic rings. The smallest absolute Gasteiger partial charge is 0.226 e. The number of carbonyl (C=O) groups excluding carboxylic acids is 1. The first-order valence-corrected chi connectivity index (χ1v) is 8.02. The third-order valence-corrected chi connectivity index (χ3v) is 3.51. The number of ether oxygens (including phenoxy) is 1. The molecule has 3 N–H and O–H groups in total. The predicted molar refractivity (Wildman–Crippen MR) is 111 cm³/mol. The van der Waals surface area contributed by atoms with E-state index >= 15 is 0 Å². The summed E-state index contributed by atoms with van der Waals surface area (Å²) in [6.07, 6.45) is 0.334. The quantitative estimate of drug-likeness (QED) is 0.237. The molecule has 0 spiro atoms. The lowest BCUT2D eigenvalue weighted by Gasteiger charge is -2.12. The van der Waals surface area contributed by atoms with Gasteiger partial charge in [-0.05, 0) is 31.5 Å². The Balaban J connectivity index is 0.00000529. The minimum Gasteiger partial charge on any atom is -0.383 e. The fraction of sp³-hybridized carbons (Fsp3) is 0.500. The van der Waals surface area contributed by atoms with Crippen LogP contribution in [0, 0.1) is 6.92 Å². The topological polar surface area (TPSA) is 74.8 Å². The van der Waals surface area contributed by atoms with Gasteiger partial charge in [-0.15, -0.1) is 24.0 Å². The molecule has 0 aliphatic heterocycles. The zero-order valence-corrected chi connectivity index (χ0v) is 17.4. The van der Waals surface area contributed by atoms with Crippen molar-refractivity contribution in [2.24, 2.45) is 4.99 Å². The highest BCUT2D eigenvalue weighted by atomic mass is 127. The predicted octanol–water partition coefficient (Wildman–Crippen LogP) is 2.80. The SMILES string of the molecule is CCNC(=NCCOC)NCCC(=O)Nc1cccc(Cl)c1C.I. The van der Waals surface area contributed by atoms with E-state index in [0.29, 0.717) is 37.1 Å². The number of amides is 1. The van der Waals surface area contributed by atoms with Gasteiger partial charge in [-0.25, -0.2) is 0 Å². The maximum absolute atomic E-state index is 12.0. The first kappa shape index (κ1) is 22.9. The molecular weight excluding hydrogens is 443 g/mol. The fourth-order valence-electron chi connectivity index (χ4n) is 1.84. The Bertz CT molecular complexity index is 541. The summed E-state index contributed by atoms with van der Waals surface area (Å²) in [7, 11) is 1.64. The van der Waals surface area contributed by atoms with E-state index in [-0.39, 0.29) is 29.9 Å². The minimum atomic E-state index is -0.0735. The number of halogens is 2. The Hall–Kier alpha value is -1.06. The maximum atomic E-state index is 12.0. The van der Waals surface area contributed by atoms with Crippen molar-refractivity contribution >= 4 is 53.1 Å². The van der Waals surface area contributed by atoms with Crippen LogP contribution >= 0.6 is 35.6 Å². The van der Waals surface area contributed by atoms with Crippen LogP contribution in [0.15, 0.2) is 23.2 Å². The van der Waals surface area contributed by atoms with Crippen LogP contribution in [0.2, 0.25) is 5.02 Å². The average Bonchev–Trinajstić information content (AvgIpc) is 2.52.